The van der Waals surface area contributed by atoms with Gasteiger partial charge in [-0.2, -0.15) is 0 Å². The molecule has 1 aromatic rings. The minimum atomic E-state index is -4.17. The highest BCUT2D eigenvalue weighted by Crippen LogP contribution is 2.28. The second kappa shape index (κ2) is 8.70. The Morgan fingerprint density at radius 1 is 1.29 bits per heavy atom. The van der Waals surface area contributed by atoms with Gasteiger partial charge in [-0.1, -0.05) is 0 Å². The number of hydrogen-bond donors (Lipinski definition) is 2. The van der Waals surface area contributed by atoms with Crippen molar-refractivity contribution < 1.29 is 18.1 Å². The fourth-order valence-corrected chi connectivity index (χ4v) is 4.25. The molecule has 1 amide bonds. The Bertz CT molecular complexity index is 872. The lowest BCUT2D eigenvalue weighted by Gasteiger charge is -2.32. The number of halogens is 1. The van der Waals surface area contributed by atoms with Crippen LogP contribution in [-0.4, -0.2) is 74.4 Å². The van der Waals surface area contributed by atoms with Crippen LogP contribution >= 0.6 is 12.4 Å². The Balaban J connectivity index is 0.00000280. The number of likely N-dealkylation sites (tertiary alicyclic amines) is 1. The van der Waals surface area contributed by atoms with Crippen molar-refractivity contribution >= 4 is 34.0 Å². The number of nitro benzene ring substituents is 1. The fourth-order valence-electron chi connectivity index (χ4n) is 3.69. The summed E-state index contributed by atoms with van der Waals surface area (Å²) in [6.07, 6.45) is 0.821. The van der Waals surface area contributed by atoms with Crippen molar-refractivity contribution in [2.24, 2.45) is 5.14 Å². The Hall–Kier alpha value is -1.79. The van der Waals surface area contributed by atoms with E-state index in [-0.39, 0.29) is 29.6 Å². The number of nitrogens with zero attached hydrogens (tertiary/aromatic N) is 3. The molecular weight excluding hydrogens is 410 g/mol. The maximum atomic E-state index is 13.0. The average molecular weight is 434 g/mol. The normalized spacial score (nSPS) is 20.6. The molecule has 0 aromatic heterocycles. The van der Waals surface area contributed by atoms with Crippen molar-refractivity contribution in [1.82, 2.24) is 15.1 Å². The summed E-state index contributed by atoms with van der Waals surface area (Å²) in [5.41, 5.74) is -0.278. The maximum absolute atomic E-state index is 13.0. The molecule has 2 aliphatic heterocycles. The van der Waals surface area contributed by atoms with E-state index >= 15 is 0 Å². The van der Waals surface area contributed by atoms with E-state index in [4.69, 9.17) is 5.14 Å². The number of nitrogens with two attached hydrogens (primary N) is 1. The lowest BCUT2D eigenvalue weighted by Crippen LogP contribution is -2.49. The molecule has 1 aromatic carbocycles. The summed E-state index contributed by atoms with van der Waals surface area (Å²) >= 11 is 0. The summed E-state index contributed by atoms with van der Waals surface area (Å²) < 4.78 is 23.4. The monoisotopic (exact) mass is 433 g/mol. The summed E-state index contributed by atoms with van der Waals surface area (Å²) in [5, 5.41) is 19.7. The van der Waals surface area contributed by atoms with Crippen LogP contribution in [0.1, 0.15) is 22.3 Å². The number of primary sulfonamides is 1. The van der Waals surface area contributed by atoms with Crippen LogP contribution in [0.3, 0.4) is 0 Å². The molecule has 0 aliphatic carbocycles. The van der Waals surface area contributed by atoms with E-state index in [0.29, 0.717) is 13.1 Å². The van der Waals surface area contributed by atoms with Gasteiger partial charge in [0.15, 0.2) is 0 Å². The van der Waals surface area contributed by atoms with Crippen LogP contribution in [0.15, 0.2) is 17.0 Å². The van der Waals surface area contributed by atoms with Gasteiger partial charge < -0.3 is 10.2 Å². The summed E-state index contributed by atoms with van der Waals surface area (Å²) in [4.78, 5) is 27.1. The van der Waals surface area contributed by atoms with E-state index in [1.54, 1.807) is 4.90 Å². The molecule has 0 bridgehead atoms. The molecule has 10 nitrogen and oxygen atoms in total. The van der Waals surface area contributed by atoms with Gasteiger partial charge in [-0.25, -0.2) is 13.6 Å². The minimum absolute atomic E-state index is 0. The van der Waals surface area contributed by atoms with Gasteiger partial charge in [0.25, 0.3) is 11.6 Å². The van der Waals surface area contributed by atoms with Crippen LogP contribution in [0.5, 0.6) is 0 Å². The molecule has 2 heterocycles. The first-order valence-electron chi connectivity index (χ1n) is 8.74. The average Bonchev–Trinajstić information content (AvgIpc) is 3.11. The van der Waals surface area contributed by atoms with E-state index in [1.807, 2.05) is 0 Å². The molecular formula is C16H24ClN5O5S. The number of amides is 1. The molecule has 3 rings (SSSR count). The molecule has 2 fully saturated rings. The predicted octanol–water partition coefficient (Wildman–Crippen LogP) is 0.0921. The van der Waals surface area contributed by atoms with Gasteiger partial charge in [-0.3, -0.25) is 19.8 Å². The third kappa shape index (κ3) is 4.61. The molecule has 1 atom stereocenters. The summed E-state index contributed by atoms with van der Waals surface area (Å²) in [6.45, 7) is 6.14. The highest BCUT2D eigenvalue weighted by molar-refractivity contribution is 7.89. The van der Waals surface area contributed by atoms with Crippen molar-refractivity contribution in [1.29, 1.82) is 0 Å². The number of rotatable bonds is 4. The summed E-state index contributed by atoms with van der Waals surface area (Å²) in [6, 6.07) is 2.28. The number of carbonyl (C=O) groups is 1. The SMILES string of the molecule is Cc1c(C(=O)N2CCC(N3CCNCC3)C2)cc(S(N)(=O)=O)cc1[N+](=O)[O-].Cl. The first-order valence-corrected chi connectivity index (χ1v) is 10.3. The molecule has 28 heavy (non-hydrogen) atoms. The van der Waals surface area contributed by atoms with Gasteiger partial charge in [0, 0.05) is 56.9 Å². The molecule has 2 saturated heterocycles. The first kappa shape index (κ1) is 22.5. The van der Waals surface area contributed by atoms with E-state index in [2.05, 4.69) is 10.2 Å². The Morgan fingerprint density at radius 2 is 1.93 bits per heavy atom. The van der Waals surface area contributed by atoms with Gasteiger partial charge in [0.2, 0.25) is 10.0 Å². The van der Waals surface area contributed by atoms with E-state index in [9.17, 15) is 23.3 Å². The summed E-state index contributed by atoms with van der Waals surface area (Å²) in [7, 11) is -4.17. The molecule has 156 valence electrons. The zero-order valence-electron chi connectivity index (χ0n) is 15.5. The first-order chi connectivity index (χ1) is 12.7. The van der Waals surface area contributed by atoms with Gasteiger partial charge >= 0.3 is 0 Å². The number of piperazine rings is 1. The third-order valence-electron chi connectivity index (χ3n) is 5.23. The molecule has 12 heteroatoms. The van der Waals surface area contributed by atoms with Crippen molar-refractivity contribution in [3.05, 3.63) is 33.4 Å². The Kier molecular flexibility index (Phi) is 6.99. The largest absolute Gasteiger partial charge is 0.337 e. The molecule has 0 spiro atoms. The van der Waals surface area contributed by atoms with Crippen LogP contribution in [0.2, 0.25) is 0 Å². The topological polar surface area (TPSA) is 139 Å². The van der Waals surface area contributed by atoms with Crippen molar-refractivity contribution in [2.45, 2.75) is 24.3 Å². The zero-order chi connectivity index (χ0) is 19.8. The van der Waals surface area contributed by atoms with Crippen LogP contribution in [0, 0.1) is 17.0 Å². The number of carbonyl (C=O) groups excluding carboxylic acids is 1. The van der Waals surface area contributed by atoms with Crippen LogP contribution < -0.4 is 10.5 Å². The number of hydrogen-bond acceptors (Lipinski definition) is 7. The second-order valence-electron chi connectivity index (χ2n) is 6.90. The highest BCUT2D eigenvalue weighted by atomic mass is 35.5. The lowest BCUT2D eigenvalue weighted by molar-refractivity contribution is -0.385. The van der Waals surface area contributed by atoms with Crippen LogP contribution in [-0.2, 0) is 10.0 Å². The zero-order valence-corrected chi connectivity index (χ0v) is 17.1. The van der Waals surface area contributed by atoms with Gasteiger partial charge in [-0.15, -0.1) is 12.4 Å². The van der Waals surface area contributed by atoms with E-state index in [0.717, 1.165) is 44.7 Å². The smallest absolute Gasteiger partial charge is 0.274 e. The quantitative estimate of drug-likeness (QED) is 0.506. The van der Waals surface area contributed by atoms with Gasteiger partial charge in [0.1, 0.15) is 0 Å². The predicted molar refractivity (Wildman–Crippen MR) is 105 cm³/mol. The third-order valence-corrected chi connectivity index (χ3v) is 6.12. The van der Waals surface area contributed by atoms with Crippen molar-refractivity contribution in [3.8, 4) is 0 Å². The number of sulfonamides is 1. The standard InChI is InChI=1S/C16H23N5O5S.ClH/c1-11-14(8-13(27(17,25)26)9-15(11)21(23)24)16(22)20-5-2-12(10-20)19-6-3-18-4-7-19;/h8-9,12,18H,2-7,10H2,1H3,(H2,17,25,26);1H. The summed E-state index contributed by atoms with van der Waals surface area (Å²) in [5.74, 6) is -0.404. The van der Waals surface area contributed by atoms with Crippen LogP contribution in [0.4, 0.5) is 5.69 Å². The van der Waals surface area contributed by atoms with Crippen molar-refractivity contribution in [2.75, 3.05) is 39.3 Å². The Morgan fingerprint density at radius 3 is 2.50 bits per heavy atom. The van der Waals surface area contributed by atoms with Gasteiger partial charge in [-0.05, 0) is 19.4 Å². The second-order valence-corrected chi connectivity index (χ2v) is 8.46. The number of benzene rings is 1. The molecule has 2 aliphatic rings. The minimum Gasteiger partial charge on any atom is -0.337 e. The lowest BCUT2D eigenvalue weighted by atomic mass is 10.1. The number of nitro groups is 1. The van der Waals surface area contributed by atoms with Gasteiger partial charge in [0.05, 0.1) is 15.4 Å². The fraction of sp³-hybridized carbons (Fsp3) is 0.562. The molecule has 3 N–H and O–H groups in total. The van der Waals surface area contributed by atoms with E-state index < -0.39 is 31.4 Å². The molecule has 0 saturated carbocycles. The highest BCUT2D eigenvalue weighted by Gasteiger charge is 2.33. The maximum Gasteiger partial charge on any atom is 0.274 e. The number of nitrogens with one attached hydrogen (secondary N) is 1. The Labute approximate surface area is 169 Å². The molecule has 0 radical (unpaired) electrons. The van der Waals surface area contributed by atoms with Crippen LogP contribution in [0.25, 0.3) is 0 Å². The molecule has 1 unspecified atom stereocenters. The van der Waals surface area contributed by atoms with Crippen molar-refractivity contribution in [3.63, 3.8) is 0 Å². The van der Waals surface area contributed by atoms with E-state index in [1.165, 1.54) is 6.92 Å².